The minimum Gasteiger partial charge on any atom is -0.437 e. The highest BCUT2D eigenvalue weighted by Crippen LogP contribution is 2.28. The lowest BCUT2D eigenvalue weighted by atomic mass is 10.0. The number of likely N-dealkylation sites (tertiary alicyclic amines) is 1. The molecule has 1 atom stereocenters. The molecule has 1 saturated heterocycles. The highest BCUT2D eigenvalue weighted by Gasteiger charge is 2.39. The van der Waals surface area contributed by atoms with E-state index in [1.807, 2.05) is 24.9 Å². The third-order valence-electron chi connectivity index (χ3n) is 5.65. The first kappa shape index (κ1) is 22.8. The van der Waals surface area contributed by atoms with Crippen LogP contribution in [0.3, 0.4) is 0 Å². The van der Waals surface area contributed by atoms with Gasteiger partial charge in [0.15, 0.2) is 0 Å². The van der Waals surface area contributed by atoms with Gasteiger partial charge in [0.2, 0.25) is 5.88 Å². The monoisotopic (exact) mass is 450 g/mol. The lowest BCUT2D eigenvalue weighted by Crippen LogP contribution is -2.44. The average Bonchev–Trinajstić information content (AvgIpc) is 3.18. The first-order valence-corrected chi connectivity index (χ1v) is 10.8. The number of benzene rings is 1. The maximum Gasteiger partial charge on any atom is 0.259 e. The van der Waals surface area contributed by atoms with Crippen LogP contribution in [-0.4, -0.2) is 63.1 Å². The molecule has 0 bridgehead atoms. The Labute approximate surface area is 192 Å². The number of amides is 1. The van der Waals surface area contributed by atoms with Crippen LogP contribution in [0.1, 0.15) is 28.0 Å². The molecular weight excluding hydrogens is 423 g/mol. The number of pyridine rings is 2. The average molecular weight is 451 g/mol. The molecule has 1 fully saturated rings. The molecule has 172 valence electrons. The predicted molar refractivity (Wildman–Crippen MR) is 121 cm³/mol. The van der Waals surface area contributed by atoms with Gasteiger partial charge in [0, 0.05) is 31.5 Å². The molecule has 2 aromatic heterocycles. The van der Waals surface area contributed by atoms with Crippen molar-refractivity contribution in [2.45, 2.75) is 25.5 Å². The van der Waals surface area contributed by atoms with Crippen LogP contribution in [-0.2, 0) is 6.54 Å². The molecule has 0 radical (unpaired) electrons. The van der Waals surface area contributed by atoms with Gasteiger partial charge in [0.05, 0.1) is 18.3 Å². The molecule has 0 spiro atoms. The largest absolute Gasteiger partial charge is 0.437 e. The fraction of sp³-hybridized carbons (Fsp3) is 0.320. The second kappa shape index (κ2) is 9.64. The summed E-state index contributed by atoms with van der Waals surface area (Å²) in [6, 6.07) is 13.3. The summed E-state index contributed by atoms with van der Waals surface area (Å²) in [5.41, 5.74) is 1.12. The van der Waals surface area contributed by atoms with Crippen LogP contribution in [0.15, 0.2) is 60.9 Å². The highest BCUT2D eigenvalue weighted by atomic mass is 19.1. The van der Waals surface area contributed by atoms with Gasteiger partial charge in [-0.1, -0.05) is 12.1 Å². The van der Waals surface area contributed by atoms with Crippen molar-refractivity contribution in [1.29, 1.82) is 0 Å². The van der Waals surface area contributed by atoms with E-state index in [0.717, 1.165) is 11.3 Å². The smallest absolute Gasteiger partial charge is 0.259 e. The molecular formula is C25H27FN4O3. The van der Waals surface area contributed by atoms with Crippen molar-refractivity contribution in [2.75, 3.05) is 26.7 Å². The number of hydrogen-bond acceptors (Lipinski definition) is 6. The summed E-state index contributed by atoms with van der Waals surface area (Å²) in [5, 5.41) is 11.1. The minimum atomic E-state index is -1.03. The molecule has 4 rings (SSSR count). The Morgan fingerprint density at radius 1 is 1.21 bits per heavy atom. The van der Waals surface area contributed by atoms with Crippen molar-refractivity contribution < 1.29 is 19.0 Å². The van der Waals surface area contributed by atoms with Crippen molar-refractivity contribution in [3.63, 3.8) is 0 Å². The SMILES string of the molecule is Cc1ccc(Oc2ncccc2C(=O)N2CC[C@](O)(CN(C)Cc3ccc(F)cc3)C2)cn1. The molecule has 0 saturated carbocycles. The van der Waals surface area contributed by atoms with Gasteiger partial charge in [0.1, 0.15) is 17.1 Å². The van der Waals surface area contributed by atoms with Crippen molar-refractivity contribution in [3.8, 4) is 11.6 Å². The zero-order valence-electron chi connectivity index (χ0n) is 18.7. The first-order chi connectivity index (χ1) is 15.8. The van der Waals surface area contributed by atoms with E-state index in [9.17, 15) is 14.3 Å². The normalized spacial score (nSPS) is 18.0. The second-order valence-corrected chi connectivity index (χ2v) is 8.59. The van der Waals surface area contributed by atoms with Crippen LogP contribution < -0.4 is 4.74 Å². The zero-order chi connectivity index (χ0) is 23.4. The Morgan fingerprint density at radius 3 is 2.73 bits per heavy atom. The number of rotatable bonds is 7. The summed E-state index contributed by atoms with van der Waals surface area (Å²) in [6.07, 6.45) is 3.62. The number of aromatic nitrogens is 2. The summed E-state index contributed by atoms with van der Waals surface area (Å²) >= 11 is 0. The molecule has 1 N–H and O–H groups in total. The summed E-state index contributed by atoms with van der Waals surface area (Å²) in [4.78, 5) is 25.3. The number of carbonyl (C=O) groups is 1. The van der Waals surface area contributed by atoms with Crippen LogP contribution in [0.5, 0.6) is 11.6 Å². The van der Waals surface area contributed by atoms with Gasteiger partial charge in [-0.2, -0.15) is 0 Å². The molecule has 33 heavy (non-hydrogen) atoms. The highest BCUT2D eigenvalue weighted by molar-refractivity contribution is 5.96. The molecule has 8 heteroatoms. The Hall–Kier alpha value is -3.36. The van der Waals surface area contributed by atoms with E-state index < -0.39 is 5.60 Å². The first-order valence-electron chi connectivity index (χ1n) is 10.8. The number of β-amino-alcohol motifs (C(OH)–C–C–N with tert-alkyl or cyclic N) is 1. The van der Waals surface area contributed by atoms with Gasteiger partial charge < -0.3 is 14.7 Å². The van der Waals surface area contributed by atoms with Gasteiger partial charge in [-0.25, -0.2) is 9.37 Å². The predicted octanol–water partition coefficient (Wildman–Crippen LogP) is 3.43. The maximum absolute atomic E-state index is 13.2. The Morgan fingerprint density at radius 2 is 2.00 bits per heavy atom. The van der Waals surface area contributed by atoms with Gasteiger partial charge >= 0.3 is 0 Å². The number of nitrogens with zero attached hydrogens (tertiary/aromatic N) is 4. The number of hydrogen-bond donors (Lipinski definition) is 1. The Balaban J connectivity index is 1.41. The standard InChI is InChI=1S/C25H27FN4O3/c1-18-5-10-21(14-28-18)33-23-22(4-3-12-27-23)24(31)30-13-11-25(32,17-30)16-29(2)15-19-6-8-20(26)9-7-19/h3-10,12,14,32H,11,13,15-17H2,1-2H3/t25-/m0/s1. The van der Waals surface area contributed by atoms with E-state index in [1.165, 1.54) is 12.1 Å². The van der Waals surface area contributed by atoms with Crippen LogP contribution in [0.2, 0.25) is 0 Å². The number of aliphatic hydroxyl groups is 1. The van der Waals surface area contributed by atoms with Crippen LogP contribution in [0.4, 0.5) is 4.39 Å². The maximum atomic E-state index is 13.2. The number of ether oxygens (including phenoxy) is 1. The Kier molecular flexibility index (Phi) is 6.67. The molecule has 1 amide bonds. The van der Waals surface area contributed by atoms with E-state index in [2.05, 4.69) is 9.97 Å². The van der Waals surface area contributed by atoms with E-state index in [-0.39, 0.29) is 24.1 Å². The van der Waals surface area contributed by atoms with E-state index >= 15 is 0 Å². The zero-order valence-corrected chi connectivity index (χ0v) is 18.7. The lowest BCUT2D eigenvalue weighted by Gasteiger charge is -2.29. The van der Waals surface area contributed by atoms with Crippen molar-refractivity contribution in [2.24, 2.45) is 0 Å². The van der Waals surface area contributed by atoms with Crippen LogP contribution in [0, 0.1) is 12.7 Å². The topological polar surface area (TPSA) is 78.8 Å². The van der Waals surface area contributed by atoms with Crippen LogP contribution >= 0.6 is 0 Å². The van der Waals surface area contributed by atoms with Crippen LogP contribution in [0.25, 0.3) is 0 Å². The van der Waals surface area contributed by atoms with Crippen molar-refractivity contribution >= 4 is 5.91 Å². The fourth-order valence-electron chi connectivity index (χ4n) is 4.05. The summed E-state index contributed by atoms with van der Waals surface area (Å²) in [6.45, 7) is 3.48. The molecule has 0 unspecified atom stereocenters. The minimum absolute atomic E-state index is 0.206. The van der Waals surface area contributed by atoms with E-state index in [0.29, 0.717) is 37.4 Å². The second-order valence-electron chi connectivity index (χ2n) is 8.59. The number of carbonyl (C=O) groups excluding carboxylic acids is 1. The summed E-state index contributed by atoms with van der Waals surface area (Å²) < 4.78 is 18.9. The molecule has 1 aliphatic rings. The fourth-order valence-corrected chi connectivity index (χ4v) is 4.05. The molecule has 3 aromatic rings. The number of aryl methyl sites for hydroxylation is 1. The van der Waals surface area contributed by atoms with Crippen molar-refractivity contribution in [1.82, 2.24) is 19.8 Å². The van der Waals surface area contributed by atoms with Gasteiger partial charge in [0.25, 0.3) is 5.91 Å². The van der Waals surface area contributed by atoms with Crippen molar-refractivity contribution in [3.05, 3.63) is 83.6 Å². The number of halogens is 1. The lowest BCUT2D eigenvalue weighted by molar-refractivity contribution is 0.0163. The molecule has 7 nitrogen and oxygen atoms in total. The molecule has 1 aliphatic heterocycles. The van der Waals surface area contributed by atoms with Gasteiger partial charge in [-0.3, -0.25) is 14.7 Å². The molecule has 3 heterocycles. The molecule has 1 aromatic carbocycles. The molecule has 0 aliphatic carbocycles. The quantitative estimate of drug-likeness (QED) is 0.594. The third kappa shape index (κ3) is 5.71. The third-order valence-corrected chi connectivity index (χ3v) is 5.65. The summed E-state index contributed by atoms with van der Waals surface area (Å²) in [5.74, 6) is 0.184. The number of likely N-dealkylation sites (N-methyl/N-ethyl adjacent to an activating group) is 1. The summed E-state index contributed by atoms with van der Waals surface area (Å²) in [7, 11) is 1.90. The van der Waals surface area contributed by atoms with E-state index in [1.54, 1.807) is 47.6 Å². The van der Waals surface area contributed by atoms with Gasteiger partial charge in [-0.15, -0.1) is 0 Å². The Bertz CT molecular complexity index is 1110. The van der Waals surface area contributed by atoms with E-state index in [4.69, 9.17) is 4.74 Å². The van der Waals surface area contributed by atoms with Gasteiger partial charge in [-0.05, 0) is 62.4 Å².